The molecular weight excluding hydrogens is 905 g/mol. The van der Waals surface area contributed by atoms with E-state index in [1.807, 2.05) is 0 Å². The topological polar surface area (TPSA) is 245 Å². The average molecular weight is 957 g/mol. The number of amides is 4. The van der Waals surface area contributed by atoms with Crippen LogP contribution < -0.4 is 16.4 Å². The van der Waals surface area contributed by atoms with Crippen molar-refractivity contribution in [1.29, 1.82) is 0 Å². The van der Waals surface area contributed by atoms with Crippen LogP contribution in [-0.4, -0.2) is 121 Å². The molecule has 5 aromatic carbocycles. The van der Waals surface area contributed by atoms with Crippen LogP contribution in [0.25, 0.3) is 0 Å². The number of nitrogens with zero attached hydrogens (tertiary/aromatic N) is 1. The van der Waals surface area contributed by atoms with Crippen molar-refractivity contribution in [2.45, 2.75) is 69.1 Å². The van der Waals surface area contributed by atoms with Crippen LogP contribution in [0.15, 0.2) is 152 Å². The maximum atomic E-state index is 14.4. The number of likely N-dealkylation sites (N-methyl/N-ethyl adjacent to an activating group) is 1. The Morgan fingerprint density at radius 1 is 0.600 bits per heavy atom. The number of nitrogens with two attached hydrogens (primary N) is 1. The van der Waals surface area contributed by atoms with Crippen molar-refractivity contribution in [3.05, 3.63) is 179 Å². The molecule has 5 aromatic rings. The van der Waals surface area contributed by atoms with E-state index in [-0.39, 0.29) is 28.7 Å². The third-order valence-electron chi connectivity index (χ3n) is 11.0. The summed E-state index contributed by atoms with van der Waals surface area (Å²) in [6.07, 6.45) is -8.79. The summed E-state index contributed by atoms with van der Waals surface area (Å²) >= 11 is 0. The summed E-state index contributed by atoms with van der Waals surface area (Å²) in [6, 6.07) is 35.8. The molecule has 364 valence electrons. The highest BCUT2D eigenvalue weighted by Gasteiger charge is 2.54. The van der Waals surface area contributed by atoms with Gasteiger partial charge in [0.15, 0.2) is 24.6 Å². The van der Waals surface area contributed by atoms with E-state index in [0.717, 1.165) is 4.90 Å². The second-order valence-corrected chi connectivity index (χ2v) is 16.1. The monoisotopic (exact) mass is 956 g/mol. The largest absolute Gasteiger partial charge is 0.459 e. The van der Waals surface area contributed by atoms with E-state index in [9.17, 15) is 38.4 Å². The van der Waals surface area contributed by atoms with Gasteiger partial charge in [0.2, 0.25) is 23.6 Å². The maximum Gasteiger partial charge on any atom is 0.338 e. The first-order valence-electron chi connectivity index (χ1n) is 22.1. The fourth-order valence-electron chi connectivity index (χ4n) is 7.38. The number of esters is 4. The van der Waals surface area contributed by atoms with E-state index < -0.39 is 110 Å². The molecule has 1 saturated heterocycles. The Morgan fingerprint density at radius 3 is 1.49 bits per heavy atom. The summed E-state index contributed by atoms with van der Waals surface area (Å²) in [5.41, 5.74) is 6.73. The van der Waals surface area contributed by atoms with E-state index in [2.05, 4.69) is 10.6 Å². The Labute approximate surface area is 403 Å². The van der Waals surface area contributed by atoms with Crippen molar-refractivity contribution >= 4 is 47.5 Å². The number of hydrogen-bond acceptors (Lipinski definition) is 14. The second-order valence-electron chi connectivity index (χ2n) is 16.1. The fourth-order valence-corrected chi connectivity index (χ4v) is 7.38. The van der Waals surface area contributed by atoms with Crippen LogP contribution in [0, 0.1) is 0 Å². The molecule has 18 heteroatoms. The molecule has 4 N–H and O–H groups in total. The van der Waals surface area contributed by atoms with Crippen molar-refractivity contribution in [3.63, 3.8) is 0 Å². The summed E-state index contributed by atoms with van der Waals surface area (Å²) in [6.45, 7) is 1.14. The number of rotatable bonds is 20. The van der Waals surface area contributed by atoms with Crippen LogP contribution in [0.1, 0.15) is 60.8 Å². The number of benzene rings is 5. The van der Waals surface area contributed by atoms with Crippen LogP contribution >= 0.6 is 0 Å². The molecule has 1 heterocycles. The Hall–Kier alpha value is -8.22. The van der Waals surface area contributed by atoms with Crippen LogP contribution in [0.5, 0.6) is 0 Å². The molecule has 0 radical (unpaired) electrons. The molecule has 0 aliphatic carbocycles. The summed E-state index contributed by atoms with van der Waals surface area (Å²) in [5, 5.41) is 5.08. The third kappa shape index (κ3) is 13.9. The standard InChI is InChI=1S/C52H52N4O14/c1-32(54-33(2)57)47(60)56(3)40(46(59)55-39(45(53)58)29-34-19-9-4-10-20-34)30-66-52-44(70-51(64)38-27-17-8-18-28-38)43(69-50(63)37-25-15-7-16-26-37)42(68-49(62)36-23-13-6-14-24-36)41(67-52)31-65-48(61)35-21-11-5-12-22-35/h4-28,32,39-44,52H,29-31H2,1-3H3,(H2,53,58)(H,54,57)(H,55,59)/t32-,39+,40+,41-,42-,43+,44-,52-/m1/s1. The minimum absolute atomic E-state index is 0.0281. The fraction of sp³-hybridized carbons (Fsp3) is 0.269. The van der Waals surface area contributed by atoms with Crippen molar-refractivity contribution in [3.8, 4) is 0 Å². The van der Waals surface area contributed by atoms with Gasteiger partial charge in [0.1, 0.15) is 30.8 Å². The van der Waals surface area contributed by atoms with E-state index in [0.29, 0.717) is 5.56 Å². The van der Waals surface area contributed by atoms with Gasteiger partial charge >= 0.3 is 23.9 Å². The highest BCUT2D eigenvalue weighted by Crippen LogP contribution is 2.32. The zero-order valence-corrected chi connectivity index (χ0v) is 38.4. The number of ether oxygens (including phenoxy) is 6. The minimum Gasteiger partial charge on any atom is -0.459 e. The first-order valence-corrected chi connectivity index (χ1v) is 22.1. The summed E-state index contributed by atoms with van der Waals surface area (Å²) < 4.78 is 36.8. The minimum atomic E-state index is -1.86. The SMILES string of the molecule is CC(=O)N[C@H](C)C(=O)N(C)[C@@H](CO[C@@H]1O[C@H](COC(=O)c2ccccc2)[C@@H](OC(=O)c2ccccc2)[C@H](OC(=O)c2ccccc2)[C@H]1OC(=O)c1ccccc1)C(=O)N[C@@H](Cc1ccccc1)C(N)=O. The normalized spacial score (nSPS) is 18.6. The van der Waals surface area contributed by atoms with E-state index in [1.165, 1.54) is 69.4 Å². The number of primary amides is 1. The van der Waals surface area contributed by atoms with E-state index in [4.69, 9.17) is 34.2 Å². The molecule has 8 atom stereocenters. The van der Waals surface area contributed by atoms with Gasteiger partial charge in [-0.2, -0.15) is 0 Å². The molecule has 18 nitrogen and oxygen atoms in total. The zero-order valence-electron chi connectivity index (χ0n) is 38.4. The lowest BCUT2D eigenvalue weighted by molar-refractivity contribution is -0.300. The first-order chi connectivity index (χ1) is 33.7. The molecule has 70 heavy (non-hydrogen) atoms. The van der Waals surface area contributed by atoms with Gasteiger partial charge < -0.3 is 49.7 Å². The Kier molecular flexibility index (Phi) is 18.1. The maximum absolute atomic E-state index is 14.4. The number of hydrogen-bond donors (Lipinski definition) is 3. The zero-order chi connectivity index (χ0) is 50.2. The number of carbonyl (C=O) groups is 8. The molecule has 0 unspecified atom stereocenters. The smallest absolute Gasteiger partial charge is 0.338 e. The van der Waals surface area contributed by atoms with Crippen LogP contribution in [0.4, 0.5) is 0 Å². The molecule has 0 spiro atoms. The van der Waals surface area contributed by atoms with Crippen molar-refractivity contribution in [2.24, 2.45) is 5.73 Å². The quantitative estimate of drug-likeness (QED) is 0.0742. The van der Waals surface area contributed by atoms with Crippen molar-refractivity contribution < 1.29 is 66.8 Å². The van der Waals surface area contributed by atoms with Crippen LogP contribution in [0.3, 0.4) is 0 Å². The third-order valence-corrected chi connectivity index (χ3v) is 11.0. The summed E-state index contributed by atoms with van der Waals surface area (Å²) in [5.74, 6) is -6.80. The summed E-state index contributed by atoms with van der Waals surface area (Å²) in [4.78, 5) is 110. The van der Waals surface area contributed by atoms with Gasteiger partial charge in [0.05, 0.1) is 28.9 Å². The van der Waals surface area contributed by atoms with Crippen LogP contribution in [0.2, 0.25) is 0 Å². The molecule has 6 rings (SSSR count). The van der Waals surface area contributed by atoms with Gasteiger partial charge in [0, 0.05) is 20.4 Å². The molecule has 4 amide bonds. The van der Waals surface area contributed by atoms with Gasteiger partial charge in [-0.25, -0.2) is 19.2 Å². The Morgan fingerprint density at radius 2 is 1.03 bits per heavy atom. The highest BCUT2D eigenvalue weighted by molar-refractivity contribution is 5.94. The van der Waals surface area contributed by atoms with Gasteiger partial charge in [-0.1, -0.05) is 103 Å². The predicted octanol–water partition coefficient (Wildman–Crippen LogP) is 3.83. The van der Waals surface area contributed by atoms with E-state index >= 15 is 0 Å². The number of carbonyl (C=O) groups excluding carboxylic acids is 8. The lowest BCUT2D eigenvalue weighted by Gasteiger charge is -2.44. The molecule has 1 aliphatic rings. The second kappa shape index (κ2) is 24.7. The molecule has 0 saturated carbocycles. The lowest BCUT2D eigenvalue weighted by atomic mass is 9.97. The van der Waals surface area contributed by atoms with Gasteiger partial charge in [-0.15, -0.1) is 0 Å². The van der Waals surface area contributed by atoms with Gasteiger partial charge in [0.25, 0.3) is 0 Å². The Bertz CT molecular complexity index is 2590. The van der Waals surface area contributed by atoms with Gasteiger partial charge in [-0.05, 0) is 61.0 Å². The Balaban J connectivity index is 1.43. The molecular formula is C52H52N4O14. The summed E-state index contributed by atoms with van der Waals surface area (Å²) in [7, 11) is 1.26. The molecule has 0 aromatic heterocycles. The predicted molar refractivity (Wildman–Crippen MR) is 249 cm³/mol. The first kappa shape index (κ1) is 51.2. The molecule has 1 aliphatic heterocycles. The van der Waals surface area contributed by atoms with Crippen LogP contribution in [-0.2, 0) is 54.0 Å². The van der Waals surface area contributed by atoms with E-state index in [1.54, 1.807) is 103 Å². The molecule has 0 bridgehead atoms. The molecule has 1 fully saturated rings. The highest BCUT2D eigenvalue weighted by atomic mass is 16.7. The van der Waals surface area contributed by atoms with Crippen molar-refractivity contribution in [1.82, 2.24) is 15.5 Å². The number of nitrogens with one attached hydrogen (secondary N) is 2. The van der Waals surface area contributed by atoms with Crippen molar-refractivity contribution in [2.75, 3.05) is 20.3 Å². The van der Waals surface area contributed by atoms with Gasteiger partial charge in [-0.3, -0.25) is 19.2 Å². The lowest BCUT2D eigenvalue weighted by Crippen LogP contribution is -2.64. The average Bonchev–Trinajstić information content (AvgIpc) is 3.37.